The SMILES string of the molecule is O=C(C1CCCCC1)N1CCC(c2c[nH]c3cc(F)ccc23)CC1. The van der Waals surface area contributed by atoms with Crippen molar-refractivity contribution in [1.29, 1.82) is 0 Å². The molecule has 1 aliphatic heterocycles. The molecule has 24 heavy (non-hydrogen) atoms. The van der Waals surface area contributed by atoms with Crippen molar-refractivity contribution in [2.75, 3.05) is 13.1 Å². The molecule has 4 heteroatoms. The number of hydrogen-bond acceptors (Lipinski definition) is 1. The number of carbonyl (C=O) groups is 1. The lowest BCUT2D eigenvalue weighted by atomic mass is 9.86. The van der Waals surface area contributed by atoms with Gasteiger partial charge in [0.2, 0.25) is 5.91 Å². The van der Waals surface area contributed by atoms with Crippen molar-refractivity contribution in [2.45, 2.75) is 50.9 Å². The highest BCUT2D eigenvalue weighted by molar-refractivity contribution is 5.84. The van der Waals surface area contributed by atoms with E-state index in [4.69, 9.17) is 0 Å². The van der Waals surface area contributed by atoms with E-state index < -0.39 is 0 Å². The largest absolute Gasteiger partial charge is 0.361 e. The summed E-state index contributed by atoms with van der Waals surface area (Å²) in [6.07, 6.45) is 9.88. The third-order valence-electron chi connectivity index (χ3n) is 5.88. The van der Waals surface area contributed by atoms with Gasteiger partial charge >= 0.3 is 0 Å². The fraction of sp³-hybridized carbons (Fsp3) is 0.550. The molecular formula is C20H25FN2O. The summed E-state index contributed by atoms with van der Waals surface area (Å²) in [5.74, 6) is 0.906. The van der Waals surface area contributed by atoms with E-state index in [2.05, 4.69) is 9.88 Å². The van der Waals surface area contributed by atoms with E-state index in [0.717, 1.165) is 49.7 Å². The van der Waals surface area contributed by atoms with Gasteiger partial charge in [-0.3, -0.25) is 4.79 Å². The van der Waals surface area contributed by atoms with Crippen LogP contribution in [0.5, 0.6) is 0 Å². The number of H-pyrrole nitrogens is 1. The number of likely N-dealkylation sites (tertiary alicyclic amines) is 1. The number of nitrogens with one attached hydrogen (secondary N) is 1. The maximum atomic E-state index is 13.3. The van der Waals surface area contributed by atoms with Gasteiger partial charge in [-0.05, 0) is 55.4 Å². The molecule has 2 heterocycles. The normalized spacial score (nSPS) is 20.6. The second-order valence-electron chi connectivity index (χ2n) is 7.37. The van der Waals surface area contributed by atoms with Gasteiger partial charge in [0.1, 0.15) is 5.82 Å². The number of hydrogen-bond donors (Lipinski definition) is 1. The molecule has 1 aromatic carbocycles. The van der Waals surface area contributed by atoms with Gasteiger partial charge in [-0.15, -0.1) is 0 Å². The van der Waals surface area contributed by atoms with Crippen molar-refractivity contribution in [1.82, 2.24) is 9.88 Å². The smallest absolute Gasteiger partial charge is 0.225 e. The molecule has 2 aliphatic rings. The summed E-state index contributed by atoms with van der Waals surface area (Å²) in [6.45, 7) is 1.71. The van der Waals surface area contributed by atoms with Crippen LogP contribution in [-0.4, -0.2) is 28.9 Å². The van der Waals surface area contributed by atoms with Gasteiger partial charge in [-0.2, -0.15) is 0 Å². The van der Waals surface area contributed by atoms with E-state index in [1.165, 1.54) is 30.9 Å². The molecule has 4 rings (SSSR count). The number of benzene rings is 1. The molecule has 0 unspecified atom stereocenters. The van der Waals surface area contributed by atoms with Gasteiger partial charge in [0, 0.05) is 36.1 Å². The fourth-order valence-corrected chi connectivity index (χ4v) is 4.48. The number of halogens is 1. The summed E-state index contributed by atoms with van der Waals surface area (Å²) in [4.78, 5) is 18.0. The minimum Gasteiger partial charge on any atom is -0.361 e. The number of piperidine rings is 1. The van der Waals surface area contributed by atoms with Crippen LogP contribution < -0.4 is 0 Å². The lowest BCUT2D eigenvalue weighted by molar-refractivity contribution is -0.137. The lowest BCUT2D eigenvalue weighted by Crippen LogP contribution is -2.41. The summed E-state index contributed by atoms with van der Waals surface area (Å²) in [7, 11) is 0. The molecule has 1 N–H and O–H groups in total. The molecule has 0 radical (unpaired) electrons. The van der Waals surface area contributed by atoms with Gasteiger partial charge in [-0.1, -0.05) is 19.3 Å². The Labute approximate surface area is 142 Å². The Hall–Kier alpha value is -1.84. The van der Waals surface area contributed by atoms with Crippen LogP contribution in [0.25, 0.3) is 10.9 Å². The van der Waals surface area contributed by atoms with Crippen LogP contribution in [0.2, 0.25) is 0 Å². The summed E-state index contributed by atoms with van der Waals surface area (Å²) in [5, 5.41) is 1.12. The molecule has 1 saturated carbocycles. The Bertz CT molecular complexity index is 724. The number of nitrogens with zero attached hydrogens (tertiary/aromatic N) is 1. The maximum absolute atomic E-state index is 13.3. The van der Waals surface area contributed by atoms with Crippen molar-refractivity contribution < 1.29 is 9.18 Å². The van der Waals surface area contributed by atoms with Crippen LogP contribution >= 0.6 is 0 Å². The Morgan fingerprint density at radius 1 is 1.08 bits per heavy atom. The second kappa shape index (κ2) is 6.58. The number of amides is 1. The number of aromatic nitrogens is 1. The first-order chi connectivity index (χ1) is 11.7. The van der Waals surface area contributed by atoms with E-state index in [1.807, 2.05) is 12.3 Å². The van der Waals surface area contributed by atoms with Gasteiger partial charge in [0.25, 0.3) is 0 Å². The first-order valence-electron chi connectivity index (χ1n) is 9.27. The molecule has 3 nitrogen and oxygen atoms in total. The third kappa shape index (κ3) is 2.94. The predicted molar refractivity (Wildman–Crippen MR) is 93.4 cm³/mol. The topological polar surface area (TPSA) is 36.1 Å². The van der Waals surface area contributed by atoms with Crippen molar-refractivity contribution in [3.05, 3.63) is 35.8 Å². The maximum Gasteiger partial charge on any atom is 0.225 e. The minimum atomic E-state index is -0.205. The monoisotopic (exact) mass is 328 g/mol. The van der Waals surface area contributed by atoms with Gasteiger partial charge in [0.05, 0.1) is 0 Å². The Kier molecular flexibility index (Phi) is 4.30. The average molecular weight is 328 g/mol. The molecule has 0 atom stereocenters. The Morgan fingerprint density at radius 2 is 1.83 bits per heavy atom. The van der Waals surface area contributed by atoms with Gasteiger partial charge in [0.15, 0.2) is 0 Å². The number of carbonyl (C=O) groups excluding carboxylic acids is 1. The highest BCUT2D eigenvalue weighted by Crippen LogP contribution is 2.34. The van der Waals surface area contributed by atoms with Crippen molar-refractivity contribution >= 4 is 16.8 Å². The molecule has 128 valence electrons. The average Bonchev–Trinajstić information content (AvgIpc) is 3.05. The molecule has 0 spiro atoms. The van der Waals surface area contributed by atoms with Crippen molar-refractivity contribution in [2.24, 2.45) is 5.92 Å². The minimum absolute atomic E-state index is 0.205. The van der Waals surface area contributed by atoms with E-state index in [1.54, 1.807) is 6.07 Å². The Balaban J connectivity index is 1.42. The molecule has 0 bridgehead atoms. The van der Waals surface area contributed by atoms with Crippen LogP contribution in [0.1, 0.15) is 56.4 Å². The molecule has 1 amide bonds. The molecular weight excluding hydrogens is 303 g/mol. The first-order valence-corrected chi connectivity index (χ1v) is 9.27. The van der Waals surface area contributed by atoms with Crippen molar-refractivity contribution in [3.8, 4) is 0 Å². The lowest BCUT2D eigenvalue weighted by Gasteiger charge is -2.35. The molecule has 1 saturated heterocycles. The van der Waals surface area contributed by atoms with E-state index in [9.17, 15) is 9.18 Å². The highest BCUT2D eigenvalue weighted by Gasteiger charge is 2.30. The second-order valence-corrected chi connectivity index (χ2v) is 7.37. The highest BCUT2D eigenvalue weighted by atomic mass is 19.1. The van der Waals surface area contributed by atoms with Crippen LogP contribution in [0.4, 0.5) is 4.39 Å². The number of rotatable bonds is 2. The summed E-state index contributed by atoms with van der Waals surface area (Å²) in [6, 6.07) is 4.96. The quantitative estimate of drug-likeness (QED) is 0.860. The fourth-order valence-electron chi connectivity index (χ4n) is 4.48. The molecule has 1 aliphatic carbocycles. The summed E-state index contributed by atoms with van der Waals surface area (Å²) < 4.78 is 13.3. The zero-order valence-corrected chi connectivity index (χ0v) is 14.1. The Morgan fingerprint density at radius 3 is 2.58 bits per heavy atom. The number of aromatic amines is 1. The molecule has 1 aromatic heterocycles. The van der Waals surface area contributed by atoms with Crippen LogP contribution in [0.15, 0.2) is 24.4 Å². The number of fused-ring (bicyclic) bond motifs is 1. The van der Waals surface area contributed by atoms with E-state index >= 15 is 0 Å². The zero-order chi connectivity index (χ0) is 16.5. The van der Waals surface area contributed by atoms with Crippen molar-refractivity contribution in [3.63, 3.8) is 0 Å². The molecule has 2 fully saturated rings. The van der Waals surface area contributed by atoms with Crippen LogP contribution in [0.3, 0.4) is 0 Å². The van der Waals surface area contributed by atoms with E-state index in [0.29, 0.717) is 11.8 Å². The summed E-state index contributed by atoms with van der Waals surface area (Å²) >= 11 is 0. The van der Waals surface area contributed by atoms with Gasteiger partial charge in [-0.25, -0.2) is 4.39 Å². The zero-order valence-electron chi connectivity index (χ0n) is 14.1. The summed E-state index contributed by atoms with van der Waals surface area (Å²) in [5.41, 5.74) is 2.14. The van der Waals surface area contributed by atoms with Crippen LogP contribution in [-0.2, 0) is 4.79 Å². The third-order valence-corrected chi connectivity index (χ3v) is 5.88. The van der Waals surface area contributed by atoms with Crippen LogP contribution in [0, 0.1) is 11.7 Å². The first kappa shape index (κ1) is 15.7. The van der Waals surface area contributed by atoms with Gasteiger partial charge < -0.3 is 9.88 Å². The van der Waals surface area contributed by atoms with E-state index in [-0.39, 0.29) is 11.7 Å². The standard InChI is InChI=1S/C20H25FN2O/c21-16-6-7-17-18(13-22-19(17)12-16)14-8-10-23(11-9-14)20(24)15-4-2-1-3-5-15/h6-7,12-15,22H,1-5,8-11H2. The predicted octanol–water partition coefficient (Wildman–Crippen LogP) is 4.59. The molecule has 2 aromatic rings.